The minimum absolute atomic E-state index is 0.102. The Bertz CT molecular complexity index is 409. The zero-order valence-corrected chi connectivity index (χ0v) is 12.4. The van der Waals surface area contributed by atoms with Crippen molar-refractivity contribution in [1.82, 2.24) is 15.0 Å². The van der Waals surface area contributed by atoms with Gasteiger partial charge < -0.3 is 9.63 Å². The average molecular weight is 267 g/mol. The quantitative estimate of drug-likeness (QED) is 0.905. The minimum atomic E-state index is -0.249. The first kappa shape index (κ1) is 14.5. The normalized spacial score (nSPS) is 22.9. The lowest BCUT2D eigenvalue weighted by atomic mass is 9.97. The summed E-state index contributed by atoms with van der Waals surface area (Å²) in [5.74, 6) is 1.44. The molecular weight excluding hydrogens is 242 g/mol. The standard InChI is InChI=1S/C14H25N3O2/c1-10(18)8-11-6-5-7-17(11)9-12-15-13(19-16-12)14(2,3)4/h10-11,18H,5-9H2,1-4H3. The van der Waals surface area contributed by atoms with E-state index in [1.165, 1.54) is 6.42 Å². The molecular formula is C14H25N3O2. The van der Waals surface area contributed by atoms with Crippen LogP contribution in [0.2, 0.25) is 0 Å². The Hall–Kier alpha value is -0.940. The molecule has 0 saturated carbocycles. The van der Waals surface area contributed by atoms with E-state index < -0.39 is 0 Å². The van der Waals surface area contributed by atoms with Crippen LogP contribution in [0.1, 0.15) is 58.7 Å². The second kappa shape index (κ2) is 5.59. The predicted octanol–water partition coefficient (Wildman–Crippen LogP) is 2.10. The van der Waals surface area contributed by atoms with Crippen molar-refractivity contribution in [1.29, 1.82) is 0 Å². The van der Waals surface area contributed by atoms with Gasteiger partial charge >= 0.3 is 0 Å². The Morgan fingerprint density at radius 3 is 2.79 bits per heavy atom. The molecule has 5 heteroatoms. The van der Waals surface area contributed by atoms with Crippen molar-refractivity contribution >= 4 is 0 Å². The van der Waals surface area contributed by atoms with Gasteiger partial charge in [0.05, 0.1) is 12.6 Å². The average Bonchev–Trinajstić information content (AvgIpc) is 2.88. The highest BCUT2D eigenvalue weighted by molar-refractivity contribution is 4.98. The number of aliphatic hydroxyl groups excluding tert-OH is 1. The minimum Gasteiger partial charge on any atom is -0.393 e. The molecule has 2 rings (SSSR count). The lowest BCUT2D eigenvalue weighted by Crippen LogP contribution is -2.31. The van der Waals surface area contributed by atoms with E-state index in [1.807, 2.05) is 6.92 Å². The van der Waals surface area contributed by atoms with Gasteiger partial charge in [0.1, 0.15) is 0 Å². The van der Waals surface area contributed by atoms with Crippen molar-refractivity contribution in [2.45, 2.75) is 71.1 Å². The summed E-state index contributed by atoms with van der Waals surface area (Å²) in [5, 5.41) is 13.6. The van der Waals surface area contributed by atoms with E-state index in [1.54, 1.807) is 0 Å². The molecule has 0 radical (unpaired) electrons. The lowest BCUT2D eigenvalue weighted by Gasteiger charge is -2.23. The highest BCUT2D eigenvalue weighted by atomic mass is 16.5. The molecule has 0 bridgehead atoms. The van der Waals surface area contributed by atoms with Crippen molar-refractivity contribution in [3.05, 3.63) is 11.7 Å². The largest absolute Gasteiger partial charge is 0.393 e. The number of nitrogens with zero attached hydrogens (tertiary/aromatic N) is 3. The van der Waals surface area contributed by atoms with Crippen LogP contribution in [-0.4, -0.2) is 38.8 Å². The molecule has 5 nitrogen and oxygen atoms in total. The highest BCUT2D eigenvalue weighted by Gasteiger charge is 2.28. The number of hydrogen-bond donors (Lipinski definition) is 1. The van der Waals surface area contributed by atoms with Crippen LogP contribution < -0.4 is 0 Å². The lowest BCUT2D eigenvalue weighted by molar-refractivity contribution is 0.129. The molecule has 1 aliphatic rings. The summed E-state index contributed by atoms with van der Waals surface area (Å²) in [6.07, 6.45) is 2.90. The number of aliphatic hydroxyl groups is 1. The van der Waals surface area contributed by atoms with Gasteiger partial charge in [-0.1, -0.05) is 25.9 Å². The Labute approximate surface area is 115 Å². The second-order valence-corrected chi connectivity index (χ2v) is 6.62. The summed E-state index contributed by atoms with van der Waals surface area (Å²) in [7, 11) is 0. The van der Waals surface area contributed by atoms with E-state index in [0.717, 1.165) is 31.8 Å². The van der Waals surface area contributed by atoms with E-state index in [-0.39, 0.29) is 11.5 Å². The molecule has 1 aliphatic heterocycles. The molecule has 1 saturated heterocycles. The summed E-state index contributed by atoms with van der Waals surface area (Å²) < 4.78 is 5.32. The Kier molecular flexibility index (Phi) is 4.26. The Morgan fingerprint density at radius 1 is 1.47 bits per heavy atom. The van der Waals surface area contributed by atoms with Gasteiger partial charge in [-0.3, -0.25) is 4.90 Å². The molecule has 1 fully saturated rings. The summed E-state index contributed by atoms with van der Waals surface area (Å²) in [6.45, 7) is 9.82. The molecule has 1 aromatic rings. The molecule has 0 spiro atoms. The summed E-state index contributed by atoms with van der Waals surface area (Å²) >= 11 is 0. The maximum Gasteiger partial charge on any atom is 0.232 e. The molecule has 1 aromatic heterocycles. The van der Waals surface area contributed by atoms with E-state index in [0.29, 0.717) is 11.9 Å². The van der Waals surface area contributed by atoms with Gasteiger partial charge in [-0.05, 0) is 32.7 Å². The first-order valence-corrected chi connectivity index (χ1v) is 7.11. The first-order valence-electron chi connectivity index (χ1n) is 7.11. The van der Waals surface area contributed by atoms with Crippen molar-refractivity contribution < 1.29 is 9.63 Å². The molecule has 2 unspecified atom stereocenters. The third-order valence-electron chi connectivity index (χ3n) is 3.57. The van der Waals surface area contributed by atoms with Crippen LogP contribution in [0.4, 0.5) is 0 Å². The molecule has 2 atom stereocenters. The fourth-order valence-corrected chi connectivity index (χ4v) is 2.57. The maximum absolute atomic E-state index is 9.53. The zero-order chi connectivity index (χ0) is 14.0. The number of hydrogen-bond acceptors (Lipinski definition) is 5. The number of aromatic nitrogens is 2. The van der Waals surface area contributed by atoms with Crippen LogP contribution >= 0.6 is 0 Å². The van der Waals surface area contributed by atoms with E-state index in [9.17, 15) is 5.11 Å². The van der Waals surface area contributed by atoms with Gasteiger partial charge in [0.2, 0.25) is 5.89 Å². The smallest absolute Gasteiger partial charge is 0.232 e. The molecule has 0 aliphatic carbocycles. The predicted molar refractivity (Wildman–Crippen MR) is 72.7 cm³/mol. The monoisotopic (exact) mass is 267 g/mol. The molecule has 108 valence electrons. The van der Waals surface area contributed by atoms with Crippen LogP contribution in [-0.2, 0) is 12.0 Å². The first-order chi connectivity index (χ1) is 8.86. The molecule has 19 heavy (non-hydrogen) atoms. The van der Waals surface area contributed by atoms with Crippen LogP contribution in [0.15, 0.2) is 4.52 Å². The summed E-state index contributed by atoms with van der Waals surface area (Å²) in [5.41, 5.74) is -0.102. The van der Waals surface area contributed by atoms with Crippen molar-refractivity contribution in [3.8, 4) is 0 Å². The van der Waals surface area contributed by atoms with Crippen molar-refractivity contribution in [2.24, 2.45) is 0 Å². The molecule has 0 aromatic carbocycles. The number of rotatable bonds is 4. The SMILES string of the molecule is CC(O)CC1CCCN1Cc1noc(C(C)(C)C)n1. The third kappa shape index (κ3) is 3.76. The number of likely N-dealkylation sites (tertiary alicyclic amines) is 1. The van der Waals surface area contributed by atoms with Crippen molar-refractivity contribution in [3.63, 3.8) is 0 Å². The zero-order valence-electron chi connectivity index (χ0n) is 12.4. The van der Waals surface area contributed by atoms with Crippen molar-refractivity contribution in [2.75, 3.05) is 6.54 Å². The second-order valence-electron chi connectivity index (χ2n) is 6.62. The Morgan fingerprint density at radius 2 is 2.21 bits per heavy atom. The van der Waals surface area contributed by atoms with Gasteiger partial charge in [-0.15, -0.1) is 0 Å². The third-order valence-corrected chi connectivity index (χ3v) is 3.57. The van der Waals surface area contributed by atoms with Gasteiger partial charge in [-0.25, -0.2) is 0 Å². The maximum atomic E-state index is 9.53. The van der Waals surface area contributed by atoms with Gasteiger partial charge in [0, 0.05) is 11.5 Å². The van der Waals surface area contributed by atoms with E-state index in [2.05, 4.69) is 35.8 Å². The fraction of sp³-hybridized carbons (Fsp3) is 0.857. The molecule has 2 heterocycles. The van der Waals surface area contributed by atoms with Crippen LogP contribution in [0.5, 0.6) is 0 Å². The van der Waals surface area contributed by atoms with E-state index >= 15 is 0 Å². The van der Waals surface area contributed by atoms with Gasteiger partial charge in [0.15, 0.2) is 5.82 Å². The van der Waals surface area contributed by atoms with Crippen LogP contribution in [0.3, 0.4) is 0 Å². The van der Waals surface area contributed by atoms with Gasteiger partial charge in [-0.2, -0.15) is 4.98 Å². The topological polar surface area (TPSA) is 62.4 Å². The summed E-state index contributed by atoms with van der Waals surface area (Å²) in [4.78, 5) is 6.83. The molecule has 1 N–H and O–H groups in total. The Balaban J connectivity index is 1.98. The molecule has 0 amide bonds. The highest BCUT2D eigenvalue weighted by Crippen LogP contribution is 2.24. The van der Waals surface area contributed by atoms with Gasteiger partial charge in [0.25, 0.3) is 0 Å². The van der Waals surface area contributed by atoms with E-state index in [4.69, 9.17) is 4.52 Å². The summed E-state index contributed by atoms with van der Waals surface area (Å²) in [6, 6.07) is 0.441. The van der Waals surface area contributed by atoms with Crippen LogP contribution in [0, 0.1) is 0 Å². The fourth-order valence-electron chi connectivity index (χ4n) is 2.57. The van der Waals surface area contributed by atoms with Crippen LogP contribution in [0.25, 0.3) is 0 Å².